The molecule has 1 amide bonds. The number of nitrogens with one attached hydrogen (secondary N) is 2. The second-order valence-electron chi connectivity index (χ2n) is 4.59. The van der Waals surface area contributed by atoms with Crippen molar-refractivity contribution in [3.63, 3.8) is 0 Å². The standard InChI is InChI=1S/C12H22N2O3/c1-2-3-10(12(16)17)8-14-11(15)9-4-6-13-7-5-9/h9-10,13H,2-8H2,1H3,(H,14,15)(H,16,17). The molecular formula is C12H22N2O3. The molecule has 0 radical (unpaired) electrons. The van der Waals surface area contributed by atoms with Gasteiger partial charge in [-0.05, 0) is 32.4 Å². The zero-order valence-corrected chi connectivity index (χ0v) is 10.4. The molecule has 1 unspecified atom stereocenters. The van der Waals surface area contributed by atoms with Crippen LogP contribution in [-0.2, 0) is 9.59 Å². The van der Waals surface area contributed by atoms with Crippen LogP contribution in [0.3, 0.4) is 0 Å². The van der Waals surface area contributed by atoms with Crippen LogP contribution in [0.25, 0.3) is 0 Å². The Morgan fingerprint density at radius 2 is 2.06 bits per heavy atom. The van der Waals surface area contributed by atoms with Crippen LogP contribution in [-0.4, -0.2) is 36.6 Å². The van der Waals surface area contributed by atoms with Crippen molar-refractivity contribution in [2.24, 2.45) is 11.8 Å². The number of piperidine rings is 1. The van der Waals surface area contributed by atoms with Crippen LogP contribution in [0.1, 0.15) is 32.6 Å². The number of hydrogen-bond donors (Lipinski definition) is 3. The number of hydrogen-bond acceptors (Lipinski definition) is 3. The third-order valence-corrected chi connectivity index (χ3v) is 3.22. The minimum atomic E-state index is -0.822. The van der Waals surface area contributed by atoms with Crippen LogP contribution in [0.15, 0.2) is 0 Å². The molecule has 5 nitrogen and oxygen atoms in total. The second-order valence-corrected chi connectivity index (χ2v) is 4.59. The van der Waals surface area contributed by atoms with Gasteiger partial charge < -0.3 is 15.7 Å². The van der Waals surface area contributed by atoms with E-state index in [4.69, 9.17) is 5.11 Å². The van der Waals surface area contributed by atoms with Gasteiger partial charge >= 0.3 is 5.97 Å². The molecule has 0 aromatic heterocycles. The topological polar surface area (TPSA) is 78.4 Å². The summed E-state index contributed by atoms with van der Waals surface area (Å²) in [4.78, 5) is 22.7. The summed E-state index contributed by atoms with van der Waals surface area (Å²) in [6.45, 7) is 3.95. The lowest BCUT2D eigenvalue weighted by atomic mass is 9.96. The Hall–Kier alpha value is -1.10. The molecule has 98 valence electrons. The highest BCUT2D eigenvalue weighted by Gasteiger charge is 2.23. The lowest BCUT2D eigenvalue weighted by Gasteiger charge is -2.22. The van der Waals surface area contributed by atoms with Gasteiger partial charge in [-0.1, -0.05) is 13.3 Å². The Morgan fingerprint density at radius 1 is 1.41 bits per heavy atom. The molecular weight excluding hydrogens is 220 g/mol. The highest BCUT2D eigenvalue weighted by molar-refractivity contribution is 5.79. The molecule has 1 aliphatic heterocycles. The SMILES string of the molecule is CCCC(CNC(=O)C1CCNCC1)C(=O)O. The molecule has 1 atom stereocenters. The van der Waals surface area contributed by atoms with Crippen LogP contribution in [0.5, 0.6) is 0 Å². The van der Waals surface area contributed by atoms with E-state index in [0.717, 1.165) is 32.4 Å². The van der Waals surface area contributed by atoms with E-state index in [1.54, 1.807) is 0 Å². The average molecular weight is 242 g/mol. The third kappa shape index (κ3) is 4.73. The number of carboxylic acid groups (broad SMARTS) is 1. The summed E-state index contributed by atoms with van der Waals surface area (Å²) in [5.74, 6) is -1.22. The van der Waals surface area contributed by atoms with Gasteiger partial charge in [-0.2, -0.15) is 0 Å². The summed E-state index contributed by atoms with van der Waals surface area (Å²) in [6, 6.07) is 0. The van der Waals surface area contributed by atoms with Crippen LogP contribution in [0.2, 0.25) is 0 Å². The van der Waals surface area contributed by atoms with Gasteiger partial charge in [0.15, 0.2) is 0 Å². The van der Waals surface area contributed by atoms with Gasteiger partial charge in [-0.25, -0.2) is 0 Å². The van der Waals surface area contributed by atoms with Gasteiger partial charge in [-0.15, -0.1) is 0 Å². The van der Waals surface area contributed by atoms with Gasteiger partial charge in [0.25, 0.3) is 0 Å². The number of carboxylic acids is 1. The van der Waals surface area contributed by atoms with E-state index in [1.165, 1.54) is 0 Å². The summed E-state index contributed by atoms with van der Waals surface area (Å²) in [5, 5.41) is 14.9. The molecule has 1 aliphatic rings. The quantitative estimate of drug-likeness (QED) is 0.637. The fraction of sp³-hybridized carbons (Fsp3) is 0.833. The zero-order valence-electron chi connectivity index (χ0n) is 10.4. The largest absolute Gasteiger partial charge is 0.481 e. The van der Waals surface area contributed by atoms with Gasteiger partial charge in [0.2, 0.25) is 5.91 Å². The first-order chi connectivity index (χ1) is 8.15. The average Bonchev–Trinajstić information content (AvgIpc) is 2.34. The summed E-state index contributed by atoms with van der Waals surface area (Å²) >= 11 is 0. The lowest BCUT2D eigenvalue weighted by Crippen LogP contribution is -2.40. The molecule has 0 aromatic rings. The normalized spacial score (nSPS) is 18.6. The third-order valence-electron chi connectivity index (χ3n) is 3.22. The molecule has 1 heterocycles. The fourth-order valence-corrected chi connectivity index (χ4v) is 2.11. The summed E-state index contributed by atoms with van der Waals surface area (Å²) in [5.41, 5.74) is 0. The van der Waals surface area contributed by atoms with Crippen molar-refractivity contribution >= 4 is 11.9 Å². The number of amides is 1. The van der Waals surface area contributed by atoms with Crippen molar-refractivity contribution in [3.8, 4) is 0 Å². The minimum absolute atomic E-state index is 0.00820. The Morgan fingerprint density at radius 3 is 2.59 bits per heavy atom. The van der Waals surface area contributed by atoms with E-state index in [-0.39, 0.29) is 18.4 Å². The van der Waals surface area contributed by atoms with Gasteiger partial charge in [0, 0.05) is 12.5 Å². The molecule has 1 saturated heterocycles. The summed E-state index contributed by atoms with van der Waals surface area (Å²) in [6.07, 6.45) is 3.12. The van der Waals surface area contributed by atoms with Crippen molar-refractivity contribution in [2.45, 2.75) is 32.6 Å². The van der Waals surface area contributed by atoms with Gasteiger partial charge in [0.05, 0.1) is 5.92 Å². The summed E-state index contributed by atoms with van der Waals surface area (Å²) < 4.78 is 0. The van der Waals surface area contributed by atoms with Gasteiger partial charge in [0.1, 0.15) is 0 Å². The van der Waals surface area contributed by atoms with Crippen molar-refractivity contribution in [1.29, 1.82) is 0 Å². The second kappa shape index (κ2) is 7.27. The van der Waals surface area contributed by atoms with Crippen LogP contribution in [0.4, 0.5) is 0 Å². The highest BCUT2D eigenvalue weighted by atomic mass is 16.4. The maximum Gasteiger partial charge on any atom is 0.308 e. The Kier molecular flexibility index (Phi) is 5.97. The maximum absolute atomic E-state index is 11.8. The smallest absolute Gasteiger partial charge is 0.308 e. The van der Waals surface area contributed by atoms with Crippen molar-refractivity contribution < 1.29 is 14.7 Å². The molecule has 17 heavy (non-hydrogen) atoms. The molecule has 3 N–H and O–H groups in total. The van der Waals surface area contributed by atoms with E-state index >= 15 is 0 Å². The maximum atomic E-state index is 11.8. The number of aliphatic carboxylic acids is 1. The van der Waals surface area contributed by atoms with E-state index in [9.17, 15) is 9.59 Å². The molecule has 5 heteroatoms. The van der Waals surface area contributed by atoms with E-state index in [1.807, 2.05) is 6.92 Å². The Bertz CT molecular complexity index is 262. The highest BCUT2D eigenvalue weighted by Crippen LogP contribution is 2.12. The first-order valence-corrected chi connectivity index (χ1v) is 6.36. The van der Waals surface area contributed by atoms with Crippen LogP contribution in [0, 0.1) is 11.8 Å². The molecule has 0 saturated carbocycles. The minimum Gasteiger partial charge on any atom is -0.481 e. The molecule has 1 fully saturated rings. The molecule has 0 aliphatic carbocycles. The van der Waals surface area contributed by atoms with Crippen LogP contribution >= 0.6 is 0 Å². The van der Waals surface area contributed by atoms with Crippen LogP contribution < -0.4 is 10.6 Å². The number of carbonyl (C=O) groups is 2. The van der Waals surface area contributed by atoms with E-state index in [0.29, 0.717) is 6.42 Å². The van der Waals surface area contributed by atoms with Crippen molar-refractivity contribution in [1.82, 2.24) is 10.6 Å². The number of carbonyl (C=O) groups excluding carboxylic acids is 1. The first kappa shape index (κ1) is 14.0. The predicted octanol–water partition coefficient (Wildman–Crippen LogP) is 0.603. The Labute approximate surface area is 102 Å². The first-order valence-electron chi connectivity index (χ1n) is 6.36. The predicted molar refractivity (Wildman–Crippen MR) is 64.6 cm³/mol. The molecule has 0 spiro atoms. The summed E-state index contributed by atoms with van der Waals surface area (Å²) in [7, 11) is 0. The molecule has 0 aromatic carbocycles. The monoisotopic (exact) mass is 242 g/mol. The van der Waals surface area contributed by atoms with Crippen molar-refractivity contribution in [3.05, 3.63) is 0 Å². The van der Waals surface area contributed by atoms with Gasteiger partial charge in [-0.3, -0.25) is 9.59 Å². The van der Waals surface area contributed by atoms with Crippen molar-refractivity contribution in [2.75, 3.05) is 19.6 Å². The lowest BCUT2D eigenvalue weighted by molar-refractivity contribution is -0.142. The van der Waals surface area contributed by atoms with E-state index < -0.39 is 11.9 Å². The molecule has 1 rings (SSSR count). The fourth-order valence-electron chi connectivity index (χ4n) is 2.11. The van der Waals surface area contributed by atoms with E-state index in [2.05, 4.69) is 10.6 Å². The molecule has 0 bridgehead atoms. The Balaban J connectivity index is 2.32. The zero-order chi connectivity index (χ0) is 12.7. The number of rotatable bonds is 6.